The van der Waals surface area contributed by atoms with Gasteiger partial charge in [0.1, 0.15) is 0 Å². The average molecular weight is 255 g/mol. The third-order valence-electron chi connectivity index (χ3n) is 4.64. The number of aryl methyl sites for hydroxylation is 1. The lowest BCUT2D eigenvalue weighted by atomic mass is 9.90. The number of terminal acetylenes is 1. The minimum atomic E-state index is -0.695. The molecule has 2 nitrogen and oxygen atoms in total. The first-order chi connectivity index (χ1) is 9.24. The van der Waals surface area contributed by atoms with Crippen LogP contribution in [-0.2, 0) is 6.42 Å². The molecule has 0 amide bonds. The fourth-order valence-electron chi connectivity index (χ4n) is 3.75. The molecule has 0 unspecified atom stereocenters. The highest BCUT2D eigenvalue weighted by molar-refractivity contribution is 5.57. The highest BCUT2D eigenvalue weighted by atomic mass is 16.3. The van der Waals surface area contributed by atoms with Crippen LogP contribution in [0.5, 0.6) is 0 Å². The highest BCUT2D eigenvalue weighted by Crippen LogP contribution is 2.40. The molecule has 0 spiro atoms. The van der Waals surface area contributed by atoms with Gasteiger partial charge in [-0.25, -0.2) is 0 Å². The number of rotatable bonds is 2. The smallest absolute Gasteiger partial charge is 0.0958 e. The van der Waals surface area contributed by atoms with E-state index in [1.54, 1.807) is 0 Å². The molecule has 1 aromatic carbocycles. The van der Waals surface area contributed by atoms with E-state index in [0.717, 1.165) is 32.2 Å². The lowest BCUT2D eigenvalue weighted by Crippen LogP contribution is -2.51. The van der Waals surface area contributed by atoms with E-state index in [4.69, 9.17) is 6.42 Å². The Morgan fingerprint density at radius 3 is 3.05 bits per heavy atom. The van der Waals surface area contributed by atoms with Crippen molar-refractivity contribution >= 4 is 5.69 Å². The molecule has 1 fully saturated rings. The topological polar surface area (TPSA) is 23.5 Å². The molecule has 1 saturated carbocycles. The molecule has 3 rings (SSSR count). The second-order valence-corrected chi connectivity index (χ2v) is 5.82. The number of nitrogens with zero attached hydrogens (tertiary/aromatic N) is 1. The fourth-order valence-corrected chi connectivity index (χ4v) is 3.75. The van der Waals surface area contributed by atoms with Crippen LogP contribution in [0.4, 0.5) is 5.69 Å². The second-order valence-electron chi connectivity index (χ2n) is 5.82. The van der Waals surface area contributed by atoms with E-state index in [2.05, 4.69) is 35.1 Å². The van der Waals surface area contributed by atoms with Gasteiger partial charge in [0.15, 0.2) is 0 Å². The van der Waals surface area contributed by atoms with E-state index in [1.165, 1.54) is 17.7 Å². The van der Waals surface area contributed by atoms with E-state index < -0.39 is 5.60 Å². The predicted octanol–water partition coefficient (Wildman–Crippen LogP) is 2.75. The van der Waals surface area contributed by atoms with Gasteiger partial charge in [-0.2, -0.15) is 0 Å². The van der Waals surface area contributed by atoms with Gasteiger partial charge in [-0.15, -0.1) is 12.3 Å². The Morgan fingerprint density at radius 1 is 1.37 bits per heavy atom. The summed E-state index contributed by atoms with van der Waals surface area (Å²) in [5.74, 6) is 2.67. The van der Waals surface area contributed by atoms with Crippen LogP contribution < -0.4 is 4.90 Å². The SMILES string of the molecule is C#CC[C@]1(O)CCC[C@H]1N1CCCc2ccccc21. The van der Waals surface area contributed by atoms with Crippen molar-refractivity contribution in [2.75, 3.05) is 11.4 Å². The van der Waals surface area contributed by atoms with E-state index >= 15 is 0 Å². The van der Waals surface area contributed by atoms with Crippen LogP contribution in [0.1, 0.15) is 37.7 Å². The van der Waals surface area contributed by atoms with E-state index in [9.17, 15) is 5.11 Å². The minimum absolute atomic E-state index is 0.185. The number of fused-ring (bicyclic) bond motifs is 1. The van der Waals surface area contributed by atoms with Crippen molar-refractivity contribution in [2.45, 2.75) is 50.2 Å². The molecule has 19 heavy (non-hydrogen) atoms. The van der Waals surface area contributed by atoms with Gasteiger partial charge >= 0.3 is 0 Å². The third-order valence-corrected chi connectivity index (χ3v) is 4.64. The van der Waals surface area contributed by atoms with Crippen LogP contribution in [0.2, 0.25) is 0 Å². The first kappa shape index (κ1) is 12.6. The highest BCUT2D eigenvalue weighted by Gasteiger charge is 2.44. The zero-order chi connectivity index (χ0) is 13.3. The maximum Gasteiger partial charge on any atom is 0.0958 e. The van der Waals surface area contributed by atoms with Crippen molar-refractivity contribution in [1.29, 1.82) is 0 Å². The molecule has 2 heteroatoms. The fraction of sp³-hybridized carbons (Fsp3) is 0.529. The quantitative estimate of drug-likeness (QED) is 0.821. The van der Waals surface area contributed by atoms with Crippen LogP contribution in [0.25, 0.3) is 0 Å². The number of hydrogen-bond acceptors (Lipinski definition) is 2. The molecular weight excluding hydrogens is 234 g/mol. The standard InChI is InChI=1S/C17H21NO/c1-2-11-17(19)12-5-10-16(17)18-13-6-8-14-7-3-4-9-15(14)18/h1,3-4,7,9,16,19H,5-6,8,10-13H2/t16-,17+/m1/s1. The molecule has 1 aliphatic carbocycles. The van der Waals surface area contributed by atoms with E-state index in [0.29, 0.717) is 6.42 Å². The Morgan fingerprint density at radius 2 is 2.21 bits per heavy atom. The lowest BCUT2D eigenvalue weighted by molar-refractivity contribution is 0.0341. The first-order valence-electron chi connectivity index (χ1n) is 7.25. The molecule has 1 N–H and O–H groups in total. The Hall–Kier alpha value is -1.46. The largest absolute Gasteiger partial charge is 0.387 e. The van der Waals surface area contributed by atoms with Gasteiger partial charge in [-0.1, -0.05) is 18.2 Å². The van der Waals surface area contributed by atoms with Crippen LogP contribution in [-0.4, -0.2) is 23.3 Å². The van der Waals surface area contributed by atoms with Crippen molar-refractivity contribution in [2.24, 2.45) is 0 Å². The van der Waals surface area contributed by atoms with Gasteiger partial charge in [0.2, 0.25) is 0 Å². The summed E-state index contributed by atoms with van der Waals surface area (Å²) in [6, 6.07) is 8.77. The first-order valence-corrected chi connectivity index (χ1v) is 7.25. The summed E-state index contributed by atoms with van der Waals surface area (Å²) >= 11 is 0. The van der Waals surface area contributed by atoms with Crippen molar-refractivity contribution in [3.63, 3.8) is 0 Å². The van der Waals surface area contributed by atoms with Crippen molar-refractivity contribution < 1.29 is 5.11 Å². The number of aliphatic hydroxyl groups is 1. The third kappa shape index (κ3) is 2.13. The molecule has 0 saturated heterocycles. The summed E-state index contributed by atoms with van der Waals surface area (Å²) in [4.78, 5) is 2.41. The molecular formula is C17H21NO. The Kier molecular flexibility index (Phi) is 3.24. The van der Waals surface area contributed by atoms with Gasteiger partial charge in [-0.3, -0.25) is 0 Å². The molecule has 2 aliphatic rings. The number of hydrogen-bond donors (Lipinski definition) is 1. The van der Waals surface area contributed by atoms with Gasteiger partial charge in [0.05, 0.1) is 11.6 Å². The van der Waals surface area contributed by atoms with Crippen LogP contribution in [0, 0.1) is 12.3 Å². The number of benzene rings is 1. The summed E-state index contributed by atoms with van der Waals surface area (Å²) < 4.78 is 0. The molecule has 0 aromatic heterocycles. The van der Waals surface area contributed by atoms with Gasteiger partial charge in [-0.05, 0) is 43.7 Å². The lowest BCUT2D eigenvalue weighted by Gasteiger charge is -2.42. The predicted molar refractivity (Wildman–Crippen MR) is 78.1 cm³/mol. The molecule has 1 heterocycles. The zero-order valence-corrected chi connectivity index (χ0v) is 11.3. The van der Waals surface area contributed by atoms with Gasteiger partial charge < -0.3 is 10.0 Å². The maximum atomic E-state index is 10.8. The summed E-state index contributed by atoms with van der Waals surface area (Å²) in [5, 5.41) is 10.8. The normalized spacial score (nSPS) is 29.9. The summed E-state index contributed by atoms with van der Waals surface area (Å²) in [6.45, 7) is 1.04. The van der Waals surface area contributed by atoms with Crippen LogP contribution >= 0.6 is 0 Å². The van der Waals surface area contributed by atoms with Gasteiger partial charge in [0.25, 0.3) is 0 Å². The zero-order valence-electron chi connectivity index (χ0n) is 11.3. The van der Waals surface area contributed by atoms with Gasteiger partial charge in [0, 0.05) is 18.7 Å². The van der Waals surface area contributed by atoms with Crippen LogP contribution in [0.15, 0.2) is 24.3 Å². The minimum Gasteiger partial charge on any atom is -0.387 e. The molecule has 100 valence electrons. The summed E-state index contributed by atoms with van der Waals surface area (Å²) in [6.07, 6.45) is 11.2. The average Bonchev–Trinajstić information content (AvgIpc) is 2.80. The summed E-state index contributed by atoms with van der Waals surface area (Å²) in [5.41, 5.74) is 2.01. The summed E-state index contributed by atoms with van der Waals surface area (Å²) in [7, 11) is 0. The molecule has 2 atom stereocenters. The molecule has 1 aromatic rings. The monoisotopic (exact) mass is 255 g/mol. The molecule has 1 aliphatic heterocycles. The maximum absolute atomic E-state index is 10.8. The van der Waals surface area contributed by atoms with Crippen molar-refractivity contribution in [3.8, 4) is 12.3 Å². The van der Waals surface area contributed by atoms with E-state index in [-0.39, 0.29) is 6.04 Å². The van der Waals surface area contributed by atoms with Crippen molar-refractivity contribution in [1.82, 2.24) is 0 Å². The number of anilines is 1. The Balaban J connectivity index is 1.93. The Bertz CT molecular complexity index is 504. The second kappa shape index (κ2) is 4.90. The van der Waals surface area contributed by atoms with Crippen molar-refractivity contribution in [3.05, 3.63) is 29.8 Å². The molecule has 0 bridgehead atoms. The number of para-hydroxylation sites is 1. The molecule has 0 radical (unpaired) electrons. The van der Waals surface area contributed by atoms with E-state index in [1.807, 2.05) is 0 Å². The van der Waals surface area contributed by atoms with Crippen LogP contribution in [0.3, 0.4) is 0 Å². The Labute approximate surface area is 115 Å².